The third kappa shape index (κ3) is 5.74. The molecule has 0 bridgehead atoms. The molecule has 0 aromatic heterocycles. The number of piperidine rings is 1. The standard InChI is InChI=1S/C12H27N3O3S/c1-4-18-10-11(2)14-19(16,17)15-7-5-12(6-8-15)9-13-3/h11-14H,4-10H2,1-3H3. The average Bonchev–Trinajstić information content (AvgIpc) is 2.37. The molecule has 1 aliphatic heterocycles. The Bertz CT molecular complexity index is 340. The molecule has 1 unspecified atom stereocenters. The van der Waals surface area contributed by atoms with E-state index in [4.69, 9.17) is 4.74 Å². The second-order valence-electron chi connectivity index (χ2n) is 5.08. The minimum atomic E-state index is -3.37. The van der Waals surface area contributed by atoms with Crippen LogP contribution in [0.1, 0.15) is 26.7 Å². The summed E-state index contributed by atoms with van der Waals surface area (Å²) in [5.74, 6) is 0.581. The van der Waals surface area contributed by atoms with Crippen molar-refractivity contribution in [2.45, 2.75) is 32.7 Å². The lowest BCUT2D eigenvalue weighted by atomic mass is 9.98. The first-order chi connectivity index (χ1) is 8.99. The first-order valence-electron chi connectivity index (χ1n) is 6.99. The van der Waals surface area contributed by atoms with E-state index >= 15 is 0 Å². The van der Waals surface area contributed by atoms with Crippen molar-refractivity contribution in [3.63, 3.8) is 0 Å². The van der Waals surface area contributed by atoms with E-state index in [-0.39, 0.29) is 6.04 Å². The van der Waals surface area contributed by atoms with Gasteiger partial charge in [0.2, 0.25) is 0 Å². The monoisotopic (exact) mass is 293 g/mol. The van der Waals surface area contributed by atoms with Crippen molar-refractivity contribution in [1.82, 2.24) is 14.3 Å². The molecule has 1 atom stereocenters. The fraction of sp³-hybridized carbons (Fsp3) is 1.00. The maximum atomic E-state index is 12.2. The van der Waals surface area contributed by atoms with Crippen LogP contribution in [-0.4, -0.2) is 58.7 Å². The molecule has 7 heteroatoms. The molecule has 0 radical (unpaired) electrons. The fourth-order valence-electron chi connectivity index (χ4n) is 2.30. The lowest BCUT2D eigenvalue weighted by molar-refractivity contribution is 0.132. The Labute approximate surface area is 117 Å². The molecule has 0 aromatic rings. The molecular weight excluding hydrogens is 266 g/mol. The second-order valence-corrected chi connectivity index (χ2v) is 6.79. The molecule has 6 nitrogen and oxygen atoms in total. The minimum absolute atomic E-state index is 0.194. The van der Waals surface area contributed by atoms with Crippen LogP contribution in [0.3, 0.4) is 0 Å². The highest BCUT2D eigenvalue weighted by molar-refractivity contribution is 7.87. The maximum Gasteiger partial charge on any atom is 0.279 e. The van der Waals surface area contributed by atoms with Gasteiger partial charge in [-0.05, 0) is 46.2 Å². The minimum Gasteiger partial charge on any atom is -0.380 e. The van der Waals surface area contributed by atoms with E-state index in [1.165, 1.54) is 0 Å². The van der Waals surface area contributed by atoms with E-state index < -0.39 is 10.2 Å². The van der Waals surface area contributed by atoms with Crippen molar-refractivity contribution in [1.29, 1.82) is 0 Å². The number of hydrogen-bond acceptors (Lipinski definition) is 4. The molecule has 114 valence electrons. The zero-order valence-corrected chi connectivity index (χ0v) is 13.0. The highest BCUT2D eigenvalue weighted by Gasteiger charge is 2.28. The van der Waals surface area contributed by atoms with Gasteiger partial charge in [-0.15, -0.1) is 0 Å². The van der Waals surface area contributed by atoms with Crippen LogP contribution < -0.4 is 10.0 Å². The predicted octanol–water partition coefficient (Wildman–Crippen LogP) is 0.177. The summed E-state index contributed by atoms with van der Waals surface area (Å²) in [5.41, 5.74) is 0. The van der Waals surface area contributed by atoms with Crippen LogP contribution in [0.25, 0.3) is 0 Å². The number of nitrogens with zero attached hydrogens (tertiary/aromatic N) is 1. The molecule has 0 amide bonds. The van der Waals surface area contributed by atoms with Crippen LogP contribution in [0.4, 0.5) is 0 Å². The van der Waals surface area contributed by atoms with Crippen molar-refractivity contribution in [2.75, 3.05) is 39.9 Å². The Hall–Kier alpha value is -0.210. The van der Waals surface area contributed by atoms with Crippen LogP contribution in [0.5, 0.6) is 0 Å². The summed E-state index contributed by atoms with van der Waals surface area (Å²) in [7, 11) is -1.44. The maximum absolute atomic E-state index is 12.2. The SMILES string of the molecule is CCOCC(C)NS(=O)(=O)N1CCC(CNC)CC1. The molecule has 0 aliphatic carbocycles. The van der Waals surface area contributed by atoms with Gasteiger partial charge in [0, 0.05) is 25.7 Å². The summed E-state index contributed by atoms with van der Waals surface area (Å²) in [4.78, 5) is 0. The molecule has 2 N–H and O–H groups in total. The van der Waals surface area contributed by atoms with Crippen molar-refractivity contribution in [3.8, 4) is 0 Å². The smallest absolute Gasteiger partial charge is 0.279 e. The van der Waals surface area contributed by atoms with Gasteiger partial charge in [-0.1, -0.05) is 0 Å². The number of ether oxygens (including phenoxy) is 1. The topological polar surface area (TPSA) is 70.7 Å². The Morgan fingerprint density at radius 2 is 2.00 bits per heavy atom. The summed E-state index contributed by atoms with van der Waals surface area (Å²) in [6, 6.07) is -0.194. The fourth-order valence-corrected chi connectivity index (χ4v) is 3.72. The van der Waals surface area contributed by atoms with Crippen molar-refractivity contribution in [3.05, 3.63) is 0 Å². The van der Waals surface area contributed by atoms with E-state index in [0.717, 1.165) is 19.4 Å². The van der Waals surface area contributed by atoms with E-state index in [0.29, 0.717) is 32.2 Å². The molecular formula is C12H27N3O3S. The summed E-state index contributed by atoms with van der Waals surface area (Å²) >= 11 is 0. The highest BCUT2D eigenvalue weighted by Crippen LogP contribution is 2.18. The zero-order chi connectivity index (χ0) is 14.3. The number of rotatable bonds is 8. The normalized spacial score (nSPS) is 20.6. The van der Waals surface area contributed by atoms with Gasteiger partial charge in [0.15, 0.2) is 0 Å². The van der Waals surface area contributed by atoms with Crippen LogP contribution in [-0.2, 0) is 14.9 Å². The van der Waals surface area contributed by atoms with Crippen LogP contribution in [0.2, 0.25) is 0 Å². The quantitative estimate of drug-likeness (QED) is 0.670. The van der Waals surface area contributed by atoms with Gasteiger partial charge >= 0.3 is 0 Å². The van der Waals surface area contributed by atoms with Crippen molar-refractivity contribution >= 4 is 10.2 Å². The number of hydrogen-bond donors (Lipinski definition) is 2. The average molecular weight is 293 g/mol. The van der Waals surface area contributed by atoms with Gasteiger partial charge in [-0.25, -0.2) is 0 Å². The molecule has 0 spiro atoms. The van der Waals surface area contributed by atoms with Crippen LogP contribution in [0.15, 0.2) is 0 Å². The Kier molecular flexibility index (Phi) is 7.23. The molecule has 1 heterocycles. The molecule has 1 rings (SSSR count). The molecule has 0 aromatic carbocycles. The predicted molar refractivity (Wildman–Crippen MR) is 76.2 cm³/mol. The highest BCUT2D eigenvalue weighted by atomic mass is 32.2. The Balaban J connectivity index is 2.41. The van der Waals surface area contributed by atoms with Gasteiger partial charge in [0.05, 0.1) is 6.61 Å². The first-order valence-corrected chi connectivity index (χ1v) is 8.43. The molecule has 19 heavy (non-hydrogen) atoms. The summed E-state index contributed by atoms with van der Waals surface area (Å²) in [5, 5.41) is 3.15. The number of nitrogens with one attached hydrogen (secondary N) is 2. The molecule has 1 aliphatic rings. The Morgan fingerprint density at radius 3 is 2.53 bits per heavy atom. The third-order valence-electron chi connectivity index (χ3n) is 3.33. The second kappa shape index (κ2) is 8.16. The third-order valence-corrected chi connectivity index (χ3v) is 5.07. The lowest BCUT2D eigenvalue weighted by Crippen LogP contribution is -2.49. The van der Waals surface area contributed by atoms with Gasteiger partial charge in [0.1, 0.15) is 0 Å². The van der Waals surface area contributed by atoms with Crippen LogP contribution in [0, 0.1) is 5.92 Å². The Morgan fingerprint density at radius 1 is 1.37 bits per heavy atom. The van der Waals surface area contributed by atoms with E-state index in [1.807, 2.05) is 20.9 Å². The van der Waals surface area contributed by atoms with Crippen molar-refractivity contribution in [2.24, 2.45) is 5.92 Å². The molecule has 1 saturated heterocycles. The molecule has 0 saturated carbocycles. The van der Waals surface area contributed by atoms with Gasteiger partial charge in [-0.2, -0.15) is 17.4 Å². The molecule has 1 fully saturated rings. The van der Waals surface area contributed by atoms with Gasteiger partial charge in [-0.3, -0.25) is 0 Å². The first kappa shape index (κ1) is 16.8. The summed E-state index contributed by atoms with van der Waals surface area (Å²) < 4.78 is 33.8. The van der Waals surface area contributed by atoms with E-state index in [1.54, 1.807) is 4.31 Å². The van der Waals surface area contributed by atoms with Gasteiger partial charge < -0.3 is 10.1 Å². The summed E-state index contributed by atoms with van der Waals surface area (Å²) in [6.45, 7) is 6.89. The van der Waals surface area contributed by atoms with Crippen molar-refractivity contribution < 1.29 is 13.2 Å². The summed E-state index contributed by atoms with van der Waals surface area (Å²) in [6.07, 6.45) is 1.84. The lowest BCUT2D eigenvalue weighted by Gasteiger charge is -2.31. The largest absolute Gasteiger partial charge is 0.380 e. The van der Waals surface area contributed by atoms with E-state index in [2.05, 4.69) is 10.0 Å². The zero-order valence-electron chi connectivity index (χ0n) is 12.2. The van der Waals surface area contributed by atoms with Gasteiger partial charge in [0.25, 0.3) is 10.2 Å². The van der Waals surface area contributed by atoms with Crippen LogP contribution >= 0.6 is 0 Å². The van der Waals surface area contributed by atoms with E-state index in [9.17, 15) is 8.42 Å².